The van der Waals surface area contributed by atoms with Gasteiger partial charge >= 0.3 is 0 Å². The monoisotopic (exact) mass is 274 g/mol. The van der Waals surface area contributed by atoms with Crippen LogP contribution >= 0.6 is 0 Å². The van der Waals surface area contributed by atoms with Crippen molar-refractivity contribution in [2.45, 2.75) is 37.8 Å². The summed E-state index contributed by atoms with van der Waals surface area (Å²) in [6.45, 7) is 2.22. The Morgan fingerprint density at radius 2 is 2.25 bits per heavy atom. The zero-order valence-corrected chi connectivity index (χ0v) is 11.8. The van der Waals surface area contributed by atoms with Crippen LogP contribution in [0.25, 0.3) is 0 Å². The van der Waals surface area contributed by atoms with Gasteiger partial charge in [-0.3, -0.25) is 4.79 Å². The number of likely N-dealkylation sites (tertiary alicyclic amines) is 1. The molecule has 0 spiro atoms. The summed E-state index contributed by atoms with van der Waals surface area (Å²) in [5.41, 5.74) is 8.43. The lowest BCUT2D eigenvalue weighted by molar-refractivity contribution is -0.135. The van der Waals surface area contributed by atoms with Gasteiger partial charge in [-0.25, -0.2) is 0 Å². The topological polar surface area (TPSA) is 55.6 Å². The van der Waals surface area contributed by atoms with E-state index >= 15 is 0 Å². The molecule has 2 atom stereocenters. The van der Waals surface area contributed by atoms with Crippen LogP contribution in [0.15, 0.2) is 24.3 Å². The number of fused-ring (bicyclic) bond motifs is 1. The van der Waals surface area contributed by atoms with Gasteiger partial charge in [-0.2, -0.15) is 0 Å². The minimum Gasteiger partial charge on any atom is -0.373 e. The van der Waals surface area contributed by atoms with Crippen LogP contribution in [0.2, 0.25) is 0 Å². The number of amides is 1. The Labute approximate surface area is 119 Å². The summed E-state index contributed by atoms with van der Waals surface area (Å²) < 4.78 is 5.81. The molecular weight excluding hydrogens is 252 g/mol. The smallest absolute Gasteiger partial charge is 0.225 e. The van der Waals surface area contributed by atoms with Crippen molar-refractivity contribution in [1.29, 1.82) is 0 Å². The molecular formula is C16H22N2O2. The standard InChI is InChI=1S/C16H22N2O2/c17-13-5-3-8-18(11-13)16(19)10-15-14-6-2-1-4-12(14)7-9-20-15/h1-2,4,6,13,15H,3,5,7-11,17H2/t13-,15-/m1/s1. The Balaban J connectivity index is 1.68. The molecule has 0 aliphatic carbocycles. The van der Waals surface area contributed by atoms with Gasteiger partial charge in [0, 0.05) is 19.1 Å². The summed E-state index contributed by atoms with van der Waals surface area (Å²) >= 11 is 0. The van der Waals surface area contributed by atoms with Crippen LogP contribution in [0.3, 0.4) is 0 Å². The van der Waals surface area contributed by atoms with Crippen molar-refractivity contribution in [1.82, 2.24) is 4.90 Å². The molecule has 108 valence electrons. The minimum atomic E-state index is -0.0920. The molecule has 4 nitrogen and oxygen atoms in total. The van der Waals surface area contributed by atoms with E-state index in [0.717, 1.165) is 25.8 Å². The van der Waals surface area contributed by atoms with Crippen molar-refractivity contribution in [2.24, 2.45) is 5.73 Å². The molecule has 1 aromatic carbocycles. The van der Waals surface area contributed by atoms with Gasteiger partial charge in [-0.1, -0.05) is 24.3 Å². The molecule has 0 bridgehead atoms. The first-order chi connectivity index (χ1) is 9.74. The summed E-state index contributed by atoms with van der Waals surface area (Å²) in [6, 6.07) is 8.40. The first-order valence-electron chi connectivity index (χ1n) is 7.47. The third kappa shape index (κ3) is 2.86. The lowest BCUT2D eigenvalue weighted by Crippen LogP contribution is -2.46. The van der Waals surface area contributed by atoms with Crippen molar-refractivity contribution in [3.05, 3.63) is 35.4 Å². The maximum absolute atomic E-state index is 12.4. The van der Waals surface area contributed by atoms with Gasteiger partial charge in [0.15, 0.2) is 0 Å². The summed E-state index contributed by atoms with van der Waals surface area (Å²) in [5.74, 6) is 0.168. The average Bonchev–Trinajstić information content (AvgIpc) is 2.47. The van der Waals surface area contributed by atoms with Crippen LogP contribution in [0.4, 0.5) is 0 Å². The molecule has 0 saturated carbocycles. The van der Waals surface area contributed by atoms with Gasteiger partial charge in [-0.15, -0.1) is 0 Å². The van der Waals surface area contributed by atoms with E-state index in [-0.39, 0.29) is 18.1 Å². The first kappa shape index (κ1) is 13.6. The second-order valence-electron chi connectivity index (χ2n) is 5.75. The summed E-state index contributed by atoms with van der Waals surface area (Å²) in [6.07, 6.45) is 3.31. The van der Waals surface area contributed by atoms with E-state index in [2.05, 4.69) is 12.1 Å². The normalized spacial score (nSPS) is 26.1. The van der Waals surface area contributed by atoms with E-state index < -0.39 is 0 Å². The second kappa shape index (κ2) is 5.94. The third-order valence-corrected chi connectivity index (χ3v) is 4.26. The van der Waals surface area contributed by atoms with Gasteiger partial charge in [0.25, 0.3) is 0 Å². The number of carbonyl (C=O) groups excluding carboxylic acids is 1. The molecule has 0 aromatic heterocycles. The van der Waals surface area contributed by atoms with E-state index in [4.69, 9.17) is 10.5 Å². The van der Waals surface area contributed by atoms with Crippen molar-refractivity contribution < 1.29 is 9.53 Å². The average molecular weight is 274 g/mol. The second-order valence-corrected chi connectivity index (χ2v) is 5.75. The highest BCUT2D eigenvalue weighted by atomic mass is 16.5. The first-order valence-corrected chi connectivity index (χ1v) is 7.47. The fourth-order valence-electron chi connectivity index (χ4n) is 3.17. The van der Waals surface area contributed by atoms with Gasteiger partial charge in [-0.05, 0) is 30.4 Å². The predicted molar refractivity (Wildman–Crippen MR) is 77.2 cm³/mol. The van der Waals surface area contributed by atoms with Crippen molar-refractivity contribution in [2.75, 3.05) is 19.7 Å². The highest BCUT2D eigenvalue weighted by molar-refractivity contribution is 5.77. The number of hydrogen-bond acceptors (Lipinski definition) is 3. The molecule has 2 heterocycles. The van der Waals surface area contributed by atoms with Crippen molar-refractivity contribution in [3.63, 3.8) is 0 Å². The molecule has 1 aromatic rings. The Morgan fingerprint density at radius 3 is 3.10 bits per heavy atom. The Bertz CT molecular complexity index is 489. The SMILES string of the molecule is N[C@@H]1CCCN(C(=O)C[C@H]2OCCc3ccccc32)C1. The minimum absolute atomic E-state index is 0.0920. The van der Waals surface area contributed by atoms with E-state index in [1.54, 1.807) is 0 Å². The predicted octanol–water partition coefficient (Wildman–Crippen LogP) is 1.64. The lowest BCUT2D eigenvalue weighted by Gasteiger charge is -2.33. The highest BCUT2D eigenvalue weighted by Crippen LogP contribution is 2.30. The fraction of sp³-hybridized carbons (Fsp3) is 0.562. The molecule has 2 aliphatic heterocycles. The molecule has 1 amide bonds. The van der Waals surface area contributed by atoms with Crippen molar-refractivity contribution in [3.8, 4) is 0 Å². The fourth-order valence-corrected chi connectivity index (χ4v) is 3.17. The van der Waals surface area contributed by atoms with Crippen LogP contribution in [0.5, 0.6) is 0 Å². The number of carbonyl (C=O) groups is 1. The Morgan fingerprint density at radius 1 is 1.40 bits per heavy atom. The maximum Gasteiger partial charge on any atom is 0.225 e. The van der Waals surface area contributed by atoms with Crippen LogP contribution in [-0.2, 0) is 16.0 Å². The largest absolute Gasteiger partial charge is 0.373 e. The molecule has 4 heteroatoms. The molecule has 2 N–H and O–H groups in total. The number of hydrogen-bond donors (Lipinski definition) is 1. The van der Waals surface area contributed by atoms with Gasteiger partial charge in [0.05, 0.1) is 19.1 Å². The number of rotatable bonds is 2. The summed E-state index contributed by atoms with van der Waals surface area (Å²) in [4.78, 5) is 14.3. The number of ether oxygens (including phenoxy) is 1. The molecule has 0 unspecified atom stereocenters. The molecule has 3 rings (SSSR count). The zero-order chi connectivity index (χ0) is 13.9. The van der Waals surface area contributed by atoms with Crippen LogP contribution < -0.4 is 5.73 Å². The molecule has 1 saturated heterocycles. The maximum atomic E-state index is 12.4. The van der Waals surface area contributed by atoms with Crippen LogP contribution in [0, 0.1) is 0 Å². The van der Waals surface area contributed by atoms with Gasteiger partial charge in [0.1, 0.15) is 0 Å². The van der Waals surface area contributed by atoms with Crippen LogP contribution in [-0.4, -0.2) is 36.5 Å². The van der Waals surface area contributed by atoms with Crippen LogP contribution in [0.1, 0.15) is 36.5 Å². The van der Waals surface area contributed by atoms with E-state index in [1.165, 1.54) is 11.1 Å². The molecule has 0 radical (unpaired) electrons. The van der Waals surface area contributed by atoms with Crippen molar-refractivity contribution >= 4 is 5.91 Å². The summed E-state index contributed by atoms with van der Waals surface area (Å²) in [5, 5.41) is 0. The van der Waals surface area contributed by atoms with Gasteiger partial charge < -0.3 is 15.4 Å². The third-order valence-electron chi connectivity index (χ3n) is 4.26. The van der Waals surface area contributed by atoms with Gasteiger partial charge in [0.2, 0.25) is 5.91 Å². The Hall–Kier alpha value is -1.39. The van der Waals surface area contributed by atoms with E-state index in [0.29, 0.717) is 19.6 Å². The van der Waals surface area contributed by atoms with E-state index in [1.807, 2.05) is 17.0 Å². The quantitative estimate of drug-likeness (QED) is 0.892. The summed E-state index contributed by atoms with van der Waals surface area (Å²) in [7, 11) is 0. The Kier molecular flexibility index (Phi) is 4.03. The zero-order valence-electron chi connectivity index (χ0n) is 11.8. The number of piperidine rings is 1. The molecule has 2 aliphatic rings. The molecule has 20 heavy (non-hydrogen) atoms. The lowest BCUT2D eigenvalue weighted by atomic mass is 9.95. The highest BCUT2D eigenvalue weighted by Gasteiger charge is 2.27. The molecule has 1 fully saturated rings. The number of benzene rings is 1. The van der Waals surface area contributed by atoms with E-state index in [9.17, 15) is 4.79 Å². The number of nitrogens with two attached hydrogens (primary N) is 1. The number of nitrogens with zero attached hydrogens (tertiary/aromatic N) is 1.